The van der Waals surface area contributed by atoms with Crippen molar-refractivity contribution in [2.75, 3.05) is 38.8 Å². The van der Waals surface area contributed by atoms with Gasteiger partial charge in [-0.05, 0) is 38.1 Å². The Bertz CT molecular complexity index is 797. The highest BCUT2D eigenvalue weighted by atomic mass is 32.2. The summed E-state index contributed by atoms with van der Waals surface area (Å²) in [4.78, 5) is -0.0741. The van der Waals surface area contributed by atoms with E-state index < -0.39 is 30.4 Å². The molecular formula is C14H25NO9S3. The zero-order valence-corrected chi connectivity index (χ0v) is 17.5. The monoisotopic (exact) mass is 447 g/mol. The molecule has 0 aromatic heterocycles. The second-order valence-corrected chi connectivity index (χ2v) is 10.0. The Balaban J connectivity index is 0.000000569. The molecular weight excluding hydrogens is 422 g/mol. The van der Waals surface area contributed by atoms with Crippen LogP contribution in [-0.4, -0.2) is 68.6 Å². The SMILES string of the molecule is CS(=O)(=O)OCCCNCCCOS(C)(=O)=O.O=S(=O)(O)c1ccccc1. The summed E-state index contributed by atoms with van der Waals surface area (Å²) in [6.45, 7) is 1.50. The molecule has 0 heterocycles. The van der Waals surface area contributed by atoms with Crippen LogP contribution in [0.15, 0.2) is 35.2 Å². The van der Waals surface area contributed by atoms with Crippen LogP contribution in [0.3, 0.4) is 0 Å². The maximum atomic E-state index is 10.6. The molecule has 13 heteroatoms. The standard InChI is InChI=1S/C8H19NO6S2.C6H6O3S/c1-16(10,11)14-7-3-5-9-6-4-8-15-17(2,12)13;7-10(8,9)6-4-2-1-3-5-6/h9H,3-8H2,1-2H3;1-5H,(H,7,8,9). The summed E-state index contributed by atoms with van der Waals surface area (Å²) in [5.41, 5.74) is 0. The first-order valence-corrected chi connectivity index (χ1v) is 12.8. The fourth-order valence-corrected chi connectivity index (χ4v) is 2.87. The Labute approximate surface area is 160 Å². The number of benzene rings is 1. The van der Waals surface area contributed by atoms with Crippen molar-refractivity contribution in [2.45, 2.75) is 17.7 Å². The molecule has 1 aromatic rings. The molecule has 1 aromatic carbocycles. The van der Waals surface area contributed by atoms with Gasteiger partial charge < -0.3 is 5.32 Å². The van der Waals surface area contributed by atoms with Crippen LogP contribution in [0.25, 0.3) is 0 Å². The molecule has 0 radical (unpaired) electrons. The van der Waals surface area contributed by atoms with E-state index in [9.17, 15) is 25.3 Å². The molecule has 0 saturated heterocycles. The Hall–Kier alpha value is -1.09. The third kappa shape index (κ3) is 18.1. The lowest BCUT2D eigenvalue weighted by atomic mass is 10.4. The van der Waals surface area contributed by atoms with Gasteiger partial charge in [0, 0.05) is 0 Å². The zero-order valence-electron chi connectivity index (χ0n) is 15.1. The smallest absolute Gasteiger partial charge is 0.294 e. The fraction of sp³-hybridized carbons (Fsp3) is 0.571. The van der Waals surface area contributed by atoms with E-state index in [1.54, 1.807) is 18.2 Å². The van der Waals surface area contributed by atoms with Crippen LogP contribution < -0.4 is 5.32 Å². The van der Waals surface area contributed by atoms with E-state index in [1.807, 2.05) is 0 Å². The van der Waals surface area contributed by atoms with E-state index in [0.717, 1.165) is 12.5 Å². The van der Waals surface area contributed by atoms with Gasteiger partial charge in [0.1, 0.15) is 0 Å². The van der Waals surface area contributed by atoms with Crippen LogP contribution in [0.5, 0.6) is 0 Å². The first-order valence-electron chi connectivity index (χ1n) is 7.73. The highest BCUT2D eigenvalue weighted by Gasteiger charge is 2.05. The van der Waals surface area contributed by atoms with E-state index in [1.165, 1.54) is 12.1 Å². The van der Waals surface area contributed by atoms with Gasteiger partial charge in [-0.1, -0.05) is 18.2 Å². The zero-order chi connectivity index (χ0) is 21.0. The Kier molecular flexibility index (Phi) is 11.9. The number of hydrogen-bond acceptors (Lipinski definition) is 9. The number of nitrogens with one attached hydrogen (secondary N) is 1. The lowest BCUT2D eigenvalue weighted by Crippen LogP contribution is -2.20. The Morgan fingerprint density at radius 3 is 1.52 bits per heavy atom. The van der Waals surface area contributed by atoms with Gasteiger partial charge in [0.25, 0.3) is 30.4 Å². The molecule has 158 valence electrons. The van der Waals surface area contributed by atoms with Crippen molar-refractivity contribution in [1.29, 1.82) is 0 Å². The summed E-state index contributed by atoms with van der Waals surface area (Å²) < 4.78 is 80.6. The third-order valence-corrected chi connectivity index (χ3v) is 4.69. The van der Waals surface area contributed by atoms with Crippen molar-refractivity contribution < 1.29 is 38.2 Å². The van der Waals surface area contributed by atoms with Gasteiger partial charge in [-0.15, -0.1) is 0 Å². The highest BCUT2D eigenvalue weighted by Crippen LogP contribution is 2.05. The maximum absolute atomic E-state index is 10.6. The minimum atomic E-state index is -4.00. The first-order chi connectivity index (χ1) is 12.3. The van der Waals surface area contributed by atoms with Gasteiger partial charge in [0.15, 0.2) is 0 Å². The van der Waals surface area contributed by atoms with Crippen molar-refractivity contribution in [1.82, 2.24) is 5.32 Å². The average molecular weight is 448 g/mol. The summed E-state index contributed by atoms with van der Waals surface area (Å²) in [6.07, 6.45) is 3.14. The molecule has 0 amide bonds. The maximum Gasteiger partial charge on any atom is 0.294 e. The molecule has 2 N–H and O–H groups in total. The summed E-state index contributed by atoms with van der Waals surface area (Å²) in [7, 11) is -10.7. The van der Waals surface area contributed by atoms with Crippen LogP contribution in [0, 0.1) is 0 Å². The van der Waals surface area contributed by atoms with E-state index in [4.69, 9.17) is 4.55 Å². The van der Waals surface area contributed by atoms with Crippen LogP contribution in [0.1, 0.15) is 12.8 Å². The van der Waals surface area contributed by atoms with E-state index in [-0.39, 0.29) is 18.1 Å². The minimum absolute atomic E-state index is 0.0741. The molecule has 0 aliphatic carbocycles. The summed E-state index contributed by atoms with van der Waals surface area (Å²) in [5.74, 6) is 0. The third-order valence-electron chi connectivity index (χ3n) is 2.63. The molecule has 0 unspecified atom stereocenters. The molecule has 0 bridgehead atoms. The first kappa shape index (κ1) is 25.9. The van der Waals surface area contributed by atoms with Crippen molar-refractivity contribution in [3.05, 3.63) is 30.3 Å². The average Bonchev–Trinajstić information content (AvgIpc) is 2.52. The van der Waals surface area contributed by atoms with Crippen molar-refractivity contribution in [3.63, 3.8) is 0 Å². The molecule has 0 aliphatic rings. The molecule has 0 aliphatic heterocycles. The topological polar surface area (TPSA) is 153 Å². The summed E-state index contributed by atoms with van der Waals surface area (Å²) in [5, 5.41) is 3.01. The second kappa shape index (κ2) is 12.4. The van der Waals surface area contributed by atoms with Gasteiger partial charge in [0.05, 0.1) is 30.6 Å². The molecule has 0 spiro atoms. The molecule has 0 saturated carbocycles. The normalized spacial score (nSPS) is 12.3. The largest absolute Gasteiger partial charge is 0.317 e. The lowest BCUT2D eigenvalue weighted by Gasteiger charge is -2.04. The molecule has 0 atom stereocenters. The van der Waals surface area contributed by atoms with Crippen LogP contribution in [0.2, 0.25) is 0 Å². The van der Waals surface area contributed by atoms with Gasteiger partial charge in [0.2, 0.25) is 0 Å². The van der Waals surface area contributed by atoms with E-state index in [2.05, 4.69) is 13.7 Å². The predicted octanol–water partition coefficient (Wildman–Crippen LogP) is 0.242. The molecule has 10 nitrogen and oxygen atoms in total. The number of rotatable bonds is 11. The van der Waals surface area contributed by atoms with Crippen LogP contribution >= 0.6 is 0 Å². The van der Waals surface area contributed by atoms with E-state index in [0.29, 0.717) is 25.9 Å². The van der Waals surface area contributed by atoms with Crippen molar-refractivity contribution in [3.8, 4) is 0 Å². The Morgan fingerprint density at radius 1 is 0.815 bits per heavy atom. The quantitative estimate of drug-likeness (QED) is 0.274. The predicted molar refractivity (Wildman–Crippen MR) is 100.0 cm³/mol. The van der Waals surface area contributed by atoms with Gasteiger partial charge in [-0.2, -0.15) is 25.3 Å². The van der Waals surface area contributed by atoms with Crippen LogP contribution in [0.4, 0.5) is 0 Å². The second-order valence-electron chi connectivity index (χ2n) is 5.30. The van der Waals surface area contributed by atoms with Crippen LogP contribution in [-0.2, 0) is 38.7 Å². The van der Waals surface area contributed by atoms with Gasteiger partial charge >= 0.3 is 0 Å². The molecule has 0 fully saturated rings. The molecule has 27 heavy (non-hydrogen) atoms. The fourth-order valence-electron chi connectivity index (χ4n) is 1.53. The minimum Gasteiger partial charge on any atom is -0.317 e. The molecule has 1 rings (SSSR count). The summed E-state index contributed by atoms with van der Waals surface area (Å²) >= 11 is 0. The lowest BCUT2D eigenvalue weighted by molar-refractivity contribution is 0.304. The van der Waals surface area contributed by atoms with Crippen molar-refractivity contribution >= 4 is 30.4 Å². The van der Waals surface area contributed by atoms with Gasteiger partial charge in [-0.3, -0.25) is 12.9 Å². The summed E-state index contributed by atoms with van der Waals surface area (Å²) in [6, 6.07) is 7.42. The van der Waals surface area contributed by atoms with E-state index >= 15 is 0 Å². The number of hydrogen-bond donors (Lipinski definition) is 2. The Morgan fingerprint density at radius 2 is 1.22 bits per heavy atom. The highest BCUT2D eigenvalue weighted by molar-refractivity contribution is 7.86. The van der Waals surface area contributed by atoms with Gasteiger partial charge in [-0.25, -0.2) is 0 Å². The van der Waals surface area contributed by atoms with Crippen molar-refractivity contribution in [2.24, 2.45) is 0 Å².